The van der Waals surface area contributed by atoms with Gasteiger partial charge in [0.05, 0.1) is 61.5 Å². The van der Waals surface area contributed by atoms with Crippen molar-refractivity contribution in [3.8, 4) is 23.0 Å². The summed E-state index contributed by atoms with van der Waals surface area (Å²) in [6, 6.07) is 16.9. The minimum Gasteiger partial charge on any atom is -0.496 e. The highest BCUT2D eigenvalue weighted by Crippen LogP contribution is 2.41. The molecular weight excluding hydrogens is 1140 g/mol. The van der Waals surface area contributed by atoms with Gasteiger partial charge in [-0.25, -0.2) is 9.69 Å². The van der Waals surface area contributed by atoms with Crippen LogP contribution in [0.3, 0.4) is 0 Å². The number of rotatable bonds is 26. The molecule has 0 saturated carbocycles. The first kappa shape index (κ1) is 64.0. The van der Waals surface area contributed by atoms with Crippen LogP contribution in [-0.4, -0.2) is 131 Å². The number of ether oxygens (including phenoxy) is 5. The van der Waals surface area contributed by atoms with E-state index in [-0.39, 0.29) is 60.4 Å². The van der Waals surface area contributed by atoms with Crippen LogP contribution in [0.15, 0.2) is 113 Å². The Balaban J connectivity index is 0.735. The van der Waals surface area contributed by atoms with E-state index >= 15 is 0 Å². The number of nitrogens with one attached hydrogen (secondary N) is 3. The van der Waals surface area contributed by atoms with Crippen LogP contribution in [-0.2, 0) is 41.7 Å². The summed E-state index contributed by atoms with van der Waals surface area (Å²) in [7, 11) is 3.06. The molecule has 5 heterocycles. The second-order valence-electron chi connectivity index (χ2n) is 23.2. The van der Waals surface area contributed by atoms with Crippen LogP contribution in [0.2, 0.25) is 0 Å². The topological polar surface area (TPSA) is 290 Å². The molecule has 4 unspecified atom stereocenters. The van der Waals surface area contributed by atoms with E-state index in [4.69, 9.17) is 29.4 Å². The van der Waals surface area contributed by atoms with E-state index in [0.717, 1.165) is 64.7 Å². The van der Waals surface area contributed by atoms with E-state index in [1.807, 2.05) is 20.0 Å². The van der Waals surface area contributed by atoms with Gasteiger partial charge in [-0.2, -0.15) is 0 Å². The molecule has 6 N–H and O–H groups in total. The van der Waals surface area contributed by atoms with Gasteiger partial charge in [0, 0.05) is 49.0 Å². The van der Waals surface area contributed by atoms with E-state index < -0.39 is 60.0 Å². The van der Waals surface area contributed by atoms with Gasteiger partial charge in [-0.3, -0.25) is 43.5 Å². The van der Waals surface area contributed by atoms with Crippen molar-refractivity contribution in [3.63, 3.8) is 0 Å². The van der Waals surface area contributed by atoms with Crippen molar-refractivity contribution >= 4 is 76.4 Å². The van der Waals surface area contributed by atoms with Crippen LogP contribution >= 0.6 is 0 Å². The van der Waals surface area contributed by atoms with Crippen molar-refractivity contribution in [2.45, 2.75) is 142 Å². The summed E-state index contributed by atoms with van der Waals surface area (Å²) in [6.07, 6.45) is 10.3. The molecule has 8 amide bonds. The Hall–Kier alpha value is -9.51. The number of aliphatic hydroxyl groups excluding tert-OH is 1. The van der Waals surface area contributed by atoms with Crippen LogP contribution in [0, 0.1) is 5.92 Å². The first-order valence-electron chi connectivity index (χ1n) is 30.1. The number of imide groups is 1. The highest BCUT2D eigenvalue weighted by atomic mass is 16.6. The maximum Gasteiger partial charge on any atom is 0.416 e. The fourth-order valence-electron chi connectivity index (χ4n) is 11.3. The molecule has 0 bridgehead atoms. The number of hydrogen-bond acceptors (Lipinski definition) is 16. The molecule has 5 aliphatic rings. The van der Waals surface area contributed by atoms with Crippen LogP contribution < -0.4 is 45.5 Å². The summed E-state index contributed by atoms with van der Waals surface area (Å²) in [5.74, 6) is -1.66. The number of carbonyl (C=O) groups excluding carboxylic acids is 8. The second-order valence-corrected chi connectivity index (χ2v) is 23.2. The lowest BCUT2D eigenvalue weighted by atomic mass is 10.0. The van der Waals surface area contributed by atoms with Gasteiger partial charge in [-0.1, -0.05) is 56.4 Å². The Labute approximate surface area is 516 Å². The molecule has 0 fully saturated rings. The van der Waals surface area contributed by atoms with Gasteiger partial charge in [0.2, 0.25) is 17.7 Å². The number of fused-ring (bicyclic) bond motifs is 4. The molecule has 0 saturated heterocycles. The highest BCUT2D eigenvalue weighted by molar-refractivity contribution is 6.15. The molecule has 89 heavy (non-hydrogen) atoms. The minimum absolute atomic E-state index is 0.0883. The van der Waals surface area contributed by atoms with Crippen LogP contribution in [0.4, 0.5) is 27.5 Å². The number of benzene rings is 4. The predicted molar refractivity (Wildman–Crippen MR) is 331 cm³/mol. The maximum absolute atomic E-state index is 14.3. The lowest BCUT2D eigenvalue weighted by Crippen LogP contribution is -2.53. The van der Waals surface area contributed by atoms with Crippen molar-refractivity contribution in [1.82, 2.24) is 25.3 Å². The van der Waals surface area contributed by atoms with E-state index in [2.05, 4.69) is 20.9 Å². The summed E-state index contributed by atoms with van der Waals surface area (Å²) in [5.41, 5.74) is 11.2. The number of anilines is 3. The van der Waals surface area contributed by atoms with Gasteiger partial charge in [-0.05, 0) is 137 Å². The Kier molecular flexibility index (Phi) is 20.5. The molecule has 0 aromatic heterocycles. The zero-order valence-electron chi connectivity index (χ0n) is 51.2. The van der Waals surface area contributed by atoms with Crippen molar-refractivity contribution in [2.24, 2.45) is 10.9 Å². The largest absolute Gasteiger partial charge is 0.496 e. The molecule has 9 rings (SSSR count). The van der Waals surface area contributed by atoms with Gasteiger partial charge in [0.1, 0.15) is 30.2 Å². The minimum atomic E-state index is -1.47. The number of aryl methyl sites for hydroxylation is 1. The molecule has 23 nitrogen and oxygen atoms in total. The molecule has 23 heteroatoms. The number of nitrogens with zero attached hydrogens (tertiary/aromatic N) is 5. The molecular formula is C66H77N9O14. The van der Waals surface area contributed by atoms with Crippen molar-refractivity contribution in [3.05, 3.63) is 130 Å². The SMILES string of the molecule is COc1cc2c(cc1CCCCCCOc1cc3c(cc1OC)C(=O)N1C=C(C)C[C@@H]1C=N3)N(C(=O)OCc1ccc(NC(=O)C(C)NC(=O)C(NC(=O)CCCCCN3C(=O)C=C(Oc4ccc(N)cc4)C3=O)C(C)C)cc1)C(O)C1CC(C)=CN1C2=O. The Morgan fingerprint density at radius 3 is 2.16 bits per heavy atom. The van der Waals surface area contributed by atoms with Crippen molar-refractivity contribution < 1.29 is 67.1 Å². The first-order chi connectivity index (χ1) is 42.7. The Bertz CT molecular complexity index is 3510. The lowest BCUT2D eigenvalue weighted by molar-refractivity contribution is -0.138. The summed E-state index contributed by atoms with van der Waals surface area (Å²) in [4.78, 5) is 117. The number of aliphatic imine (C=N–C) groups is 1. The number of methoxy groups -OCH3 is 2. The molecule has 0 spiro atoms. The molecule has 0 radical (unpaired) electrons. The fourth-order valence-corrected chi connectivity index (χ4v) is 11.3. The average Bonchev–Trinajstić information content (AvgIpc) is 1.86. The number of aliphatic hydroxyl groups is 1. The van der Waals surface area contributed by atoms with Gasteiger partial charge in [0.25, 0.3) is 23.6 Å². The molecule has 5 atom stereocenters. The highest BCUT2D eigenvalue weighted by Gasteiger charge is 2.45. The van der Waals surface area contributed by atoms with Gasteiger partial charge in [0.15, 0.2) is 23.5 Å². The predicted octanol–water partition coefficient (Wildman–Crippen LogP) is 8.37. The quantitative estimate of drug-likeness (QED) is 0.0224. The van der Waals surface area contributed by atoms with E-state index in [9.17, 15) is 43.5 Å². The number of hydrogen-bond donors (Lipinski definition) is 5. The summed E-state index contributed by atoms with van der Waals surface area (Å²) < 4.78 is 29.0. The standard InChI is InChI=1S/C66H77N9O14/c1-38(2)59(71-57(76)16-12-10-13-25-72-58(77)33-56(65(72)83)89-47-23-19-44(67)20-24-47)61(79)69-41(5)60(78)70-45-21-17-42(18-22-45)37-88-66(84)75-51-29-43(53(85-6)31-49(51)63(81)74-36-40(4)28-52(74)64(75)82)15-11-8-9-14-26-87-55-32-50-48(30-54(55)86-7)62(80)73-35-39(3)27-46(73)34-68-50/h17-24,29-36,38,41,46,52,59,64,82H,8-16,25-28,37,67H2,1-7H3,(H,69,79)(H,70,78)(H,71,76)/t41?,46-,52?,59?,64?/m1/s1. The summed E-state index contributed by atoms with van der Waals surface area (Å²) in [6.45, 7) is 9.22. The zero-order valence-corrected chi connectivity index (χ0v) is 51.2. The van der Waals surface area contributed by atoms with E-state index in [0.29, 0.717) is 89.9 Å². The maximum atomic E-state index is 14.3. The smallest absolute Gasteiger partial charge is 0.416 e. The summed E-state index contributed by atoms with van der Waals surface area (Å²) >= 11 is 0. The van der Waals surface area contributed by atoms with Gasteiger partial charge >= 0.3 is 6.09 Å². The third kappa shape index (κ3) is 15.1. The molecule has 4 aromatic carbocycles. The Morgan fingerprint density at radius 1 is 0.742 bits per heavy atom. The molecule has 4 aromatic rings. The van der Waals surface area contributed by atoms with Crippen molar-refractivity contribution in [2.75, 3.05) is 43.3 Å². The van der Waals surface area contributed by atoms with Crippen LogP contribution in [0.5, 0.6) is 23.0 Å². The molecule has 0 aliphatic carbocycles. The number of nitrogens with two attached hydrogens (primary N) is 1. The first-order valence-corrected chi connectivity index (χ1v) is 30.1. The molecule has 470 valence electrons. The number of unbranched alkanes of at least 4 members (excludes halogenated alkanes) is 5. The number of amides is 8. The van der Waals surface area contributed by atoms with Crippen molar-refractivity contribution in [1.29, 1.82) is 0 Å². The number of nitrogen functional groups attached to an aromatic ring is 1. The third-order valence-corrected chi connectivity index (χ3v) is 16.1. The van der Waals surface area contributed by atoms with Crippen LogP contribution in [0.25, 0.3) is 0 Å². The van der Waals surface area contributed by atoms with Crippen LogP contribution in [0.1, 0.15) is 131 Å². The monoisotopic (exact) mass is 1220 g/mol. The number of carbonyl (C=O) groups is 8. The third-order valence-electron chi connectivity index (χ3n) is 16.1. The van der Waals surface area contributed by atoms with Gasteiger partial charge in [-0.15, -0.1) is 0 Å². The average molecular weight is 1220 g/mol. The normalized spacial score (nSPS) is 18.2. The second kappa shape index (κ2) is 28.5. The van der Waals surface area contributed by atoms with Gasteiger partial charge < -0.3 is 60.3 Å². The van der Waals surface area contributed by atoms with E-state index in [1.165, 1.54) is 26.0 Å². The molecule has 5 aliphatic heterocycles. The Morgan fingerprint density at radius 2 is 1.43 bits per heavy atom. The fraction of sp³-hybridized carbons (Fsp3) is 0.409. The lowest BCUT2D eigenvalue weighted by Gasteiger charge is -2.31. The summed E-state index contributed by atoms with van der Waals surface area (Å²) in [5, 5.41) is 20.2. The zero-order chi connectivity index (χ0) is 63.6. The van der Waals surface area contributed by atoms with E-state index in [1.54, 1.807) is 104 Å².